The Labute approximate surface area is 242 Å². The first-order chi connectivity index (χ1) is 19.5. The number of benzene rings is 2. The van der Waals surface area contributed by atoms with Gasteiger partial charge in [0.1, 0.15) is 17.2 Å². The molecule has 0 N–H and O–H groups in total. The van der Waals surface area contributed by atoms with E-state index < -0.39 is 11.6 Å². The molecule has 0 spiro atoms. The van der Waals surface area contributed by atoms with Gasteiger partial charge in [0.25, 0.3) is 0 Å². The van der Waals surface area contributed by atoms with E-state index >= 15 is 8.78 Å². The Morgan fingerprint density at radius 2 is 1.83 bits per heavy atom. The van der Waals surface area contributed by atoms with Crippen molar-refractivity contribution in [1.29, 1.82) is 0 Å². The molecule has 220 valence electrons. The fourth-order valence-electron chi connectivity index (χ4n) is 6.38. The summed E-state index contributed by atoms with van der Waals surface area (Å²) in [6.45, 7) is 12.9. The van der Waals surface area contributed by atoms with Gasteiger partial charge in [-0.25, -0.2) is 13.8 Å². The zero-order valence-corrected chi connectivity index (χ0v) is 25.3. The molecule has 2 unspecified atom stereocenters. The number of aromatic nitrogens is 2. The van der Waals surface area contributed by atoms with Gasteiger partial charge in [0.05, 0.1) is 0 Å². The number of rotatable bonds is 7. The van der Waals surface area contributed by atoms with Crippen molar-refractivity contribution in [2.24, 2.45) is 0 Å². The topological polar surface area (TPSA) is 55.8 Å². The van der Waals surface area contributed by atoms with Gasteiger partial charge in [-0.15, -0.1) is 0 Å². The zero-order valence-electron chi connectivity index (χ0n) is 25.3. The molecule has 2 saturated heterocycles. The lowest BCUT2D eigenvalue weighted by atomic mass is 9.86. The van der Waals surface area contributed by atoms with Crippen LogP contribution in [0.15, 0.2) is 24.3 Å². The Kier molecular flexibility index (Phi) is 8.19. The first-order valence-electron chi connectivity index (χ1n) is 14.7. The molecule has 3 aromatic rings. The smallest absolute Gasteiger partial charge is 0.228 e. The predicted octanol–water partition coefficient (Wildman–Crippen LogP) is 5.59. The summed E-state index contributed by atoms with van der Waals surface area (Å²) in [5.41, 5.74) is 2.27. The second-order valence-corrected chi connectivity index (χ2v) is 12.0. The van der Waals surface area contributed by atoms with Crippen LogP contribution in [-0.4, -0.2) is 84.6 Å². The van der Waals surface area contributed by atoms with E-state index in [2.05, 4.69) is 28.5 Å². The van der Waals surface area contributed by atoms with Crippen molar-refractivity contribution in [2.45, 2.75) is 65.5 Å². The van der Waals surface area contributed by atoms with Crippen LogP contribution in [0.1, 0.15) is 57.6 Å². The quantitative estimate of drug-likeness (QED) is 0.373. The van der Waals surface area contributed by atoms with E-state index in [4.69, 9.17) is 9.97 Å². The van der Waals surface area contributed by atoms with Crippen LogP contribution in [0.4, 0.5) is 20.5 Å². The van der Waals surface area contributed by atoms with Crippen LogP contribution < -0.4 is 9.80 Å². The maximum Gasteiger partial charge on any atom is 0.228 e. The third-order valence-electron chi connectivity index (χ3n) is 8.85. The minimum Gasteiger partial charge on any atom is -0.352 e. The molecule has 0 radical (unpaired) electrons. The van der Waals surface area contributed by atoms with Crippen molar-refractivity contribution in [3.63, 3.8) is 0 Å². The van der Waals surface area contributed by atoms with E-state index in [1.807, 2.05) is 45.0 Å². The Morgan fingerprint density at radius 3 is 2.46 bits per heavy atom. The van der Waals surface area contributed by atoms with Crippen molar-refractivity contribution in [3.8, 4) is 11.1 Å². The molecule has 2 atom stereocenters. The van der Waals surface area contributed by atoms with Gasteiger partial charge < -0.3 is 19.6 Å². The molecule has 0 aliphatic carbocycles. The molecule has 9 heteroatoms. The molecular weight excluding hydrogens is 522 g/mol. The molecule has 5 rings (SSSR count). The monoisotopic (exact) mass is 564 g/mol. The molecule has 0 bridgehead atoms. The Hall–Kier alpha value is -3.33. The first-order valence-corrected chi connectivity index (χ1v) is 14.7. The summed E-state index contributed by atoms with van der Waals surface area (Å²) in [6, 6.07) is 7.30. The molecular formula is C32H42F2N6O. The molecule has 1 amide bonds. The first kappa shape index (κ1) is 29.2. The fourth-order valence-corrected chi connectivity index (χ4v) is 6.38. The Balaban J connectivity index is 1.68. The summed E-state index contributed by atoms with van der Waals surface area (Å²) in [5, 5.41) is 0.611. The number of aryl methyl sites for hydroxylation is 1. The Morgan fingerprint density at radius 1 is 1.10 bits per heavy atom. The summed E-state index contributed by atoms with van der Waals surface area (Å²) in [6.07, 6.45) is 1.84. The third-order valence-corrected chi connectivity index (χ3v) is 8.85. The minimum absolute atomic E-state index is 0.0110. The van der Waals surface area contributed by atoms with Crippen LogP contribution in [0, 0.1) is 18.6 Å². The lowest BCUT2D eigenvalue weighted by molar-refractivity contribution is -0.131. The second kappa shape index (κ2) is 11.5. The lowest BCUT2D eigenvalue weighted by Gasteiger charge is -2.43. The molecule has 7 nitrogen and oxygen atoms in total. The highest BCUT2D eigenvalue weighted by Crippen LogP contribution is 2.41. The van der Waals surface area contributed by atoms with Crippen molar-refractivity contribution >= 4 is 28.6 Å². The fraction of sp³-hybridized carbons (Fsp3) is 0.531. The van der Waals surface area contributed by atoms with Crippen molar-refractivity contribution < 1.29 is 13.6 Å². The highest BCUT2D eigenvalue weighted by Gasteiger charge is 2.34. The summed E-state index contributed by atoms with van der Waals surface area (Å²) in [5.74, 6) is 0.334. The van der Waals surface area contributed by atoms with Gasteiger partial charge >= 0.3 is 0 Å². The average Bonchev–Trinajstić information content (AvgIpc) is 2.88. The molecule has 2 aliphatic rings. The van der Waals surface area contributed by atoms with Crippen LogP contribution in [0.5, 0.6) is 0 Å². The van der Waals surface area contributed by atoms with Crippen molar-refractivity contribution in [3.05, 3.63) is 47.0 Å². The molecule has 41 heavy (non-hydrogen) atoms. The van der Waals surface area contributed by atoms with E-state index in [9.17, 15) is 4.79 Å². The number of halogens is 2. The summed E-state index contributed by atoms with van der Waals surface area (Å²) in [7, 11) is 4.09. The predicted molar refractivity (Wildman–Crippen MR) is 162 cm³/mol. The molecule has 3 heterocycles. The van der Waals surface area contributed by atoms with Gasteiger partial charge in [-0.2, -0.15) is 4.98 Å². The SMILES string of the molecule is CCCC(C)c1cccc(F)c1-c1c(C)cc2c(N3CCN(C(C)=O)C(C)C3)nc(N3CC(N(C)C)C3)nc2c1F. The molecule has 2 fully saturated rings. The number of fused-ring (bicyclic) bond motifs is 1. The summed E-state index contributed by atoms with van der Waals surface area (Å²) >= 11 is 0. The van der Waals surface area contributed by atoms with Crippen molar-refractivity contribution in [1.82, 2.24) is 19.8 Å². The highest BCUT2D eigenvalue weighted by molar-refractivity contribution is 5.96. The van der Waals surface area contributed by atoms with Crippen molar-refractivity contribution in [2.75, 3.05) is 56.6 Å². The summed E-state index contributed by atoms with van der Waals surface area (Å²) < 4.78 is 32.4. The van der Waals surface area contributed by atoms with Crippen LogP contribution in [0.3, 0.4) is 0 Å². The number of carbonyl (C=O) groups is 1. The number of piperazine rings is 1. The highest BCUT2D eigenvalue weighted by atomic mass is 19.1. The maximum absolute atomic E-state index is 16.8. The largest absolute Gasteiger partial charge is 0.352 e. The number of anilines is 2. The van der Waals surface area contributed by atoms with E-state index in [1.54, 1.807) is 13.0 Å². The average molecular weight is 565 g/mol. The number of carbonyl (C=O) groups excluding carboxylic acids is 1. The Bertz CT molecular complexity index is 1450. The number of likely N-dealkylation sites (N-methyl/N-ethyl adjacent to an activating group) is 1. The number of hydrogen-bond donors (Lipinski definition) is 0. The molecule has 2 aliphatic heterocycles. The summed E-state index contributed by atoms with van der Waals surface area (Å²) in [4.78, 5) is 30.1. The second-order valence-electron chi connectivity index (χ2n) is 12.0. The standard InChI is InChI=1S/C32H42F2N6O/c1-8-10-19(2)24-11-9-12-26(33)28(24)27-20(3)15-25-30(29(27)34)35-32(39-17-23(18-39)37(6)7)36-31(25)38-13-14-40(22(5)41)21(4)16-38/h9,11-12,15,19,21,23H,8,10,13-14,16-18H2,1-7H3. The van der Waals surface area contributed by atoms with Gasteiger partial charge in [0.15, 0.2) is 5.82 Å². The number of amides is 1. The third kappa shape index (κ3) is 5.36. The molecule has 2 aromatic carbocycles. The van der Waals surface area contributed by atoms with Gasteiger partial charge in [-0.3, -0.25) is 4.79 Å². The van der Waals surface area contributed by atoms with Gasteiger partial charge in [-0.1, -0.05) is 32.4 Å². The minimum atomic E-state index is -0.514. The molecule has 1 aromatic heterocycles. The van der Waals surface area contributed by atoms with E-state index in [0.29, 0.717) is 54.0 Å². The number of hydrogen-bond acceptors (Lipinski definition) is 6. The van der Waals surface area contributed by atoms with Crippen LogP contribution in [0.25, 0.3) is 22.0 Å². The van der Waals surface area contributed by atoms with Gasteiger partial charge in [0, 0.05) is 68.2 Å². The van der Waals surface area contributed by atoms with Gasteiger partial charge in [0.2, 0.25) is 11.9 Å². The van der Waals surface area contributed by atoms with Crippen LogP contribution in [-0.2, 0) is 4.79 Å². The van der Waals surface area contributed by atoms with E-state index in [0.717, 1.165) is 31.5 Å². The maximum atomic E-state index is 16.8. The normalized spacial score (nSPS) is 18.8. The number of nitrogens with zero attached hydrogens (tertiary/aromatic N) is 6. The molecule has 0 saturated carbocycles. The van der Waals surface area contributed by atoms with E-state index in [-0.39, 0.29) is 28.9 Å². The lowest BCUT2D eigenvalue weighted by Crippen LogP contribution is -2.58. The van der Waals surface area contributed by atoms with Gasteiger partial charge in [-0.05, 0) is 63.5 Å². The van der Waals surface area contributed by atoms with Crippen LogP contribution in [0.2, 0.25) is 0 Å². The zero-order chi connectivity index (χ0) is 29.6. The van der Waals surface area contributed by atoms with Crippen LogP contribution >= 0.6 is 0 Å². The van der Waals surface area contributed by atoms with E-state index in [1.165, 1.54) is 6.07 Å².